The van der Waals surface area contributed by atoms with E-state index in [1.807, 2.05) is 0 Å². The Morgan fingerprint density at radius 2 is 2.11 bits per heavy atom. The highest BCUT2D eigenvalue weighted by atomic mass is 19.4. The monoisotopic (exact) mass is 275 g/mol. The van der Waals surface area contributed by atoms with Crippen molar-refractivity contribution in [2.75, 3.05) is 5.43 Å². The van der Waals surface area contributed by atoms with Crippen molar-refractivity contribution in [1.82, 2.24) is 15.3 Å². The fraction of sp³-hybridized carbons (Fsp3) is 0.111. The van der Waals surface area contributed by atoms with Gasteiger partial charge in [-0.3, -0.25) is 5.43 Å². The molecular weight excluding hydrogens is 270 g/mol. The smallest absolute Gasteiger partial charge is 0.259 e. The molecule has 0 atom stereocenters. The fourth-order valence-corrected chi connectivity index (χ4v) is 1.06. The lowest BCUT2D eigenvalue weighted by Gasteiger charge is -2.07. The maximum atomic E-state index is 13.3. The highest BCUT2D eigenvalue weighted by Gasteiger charge is 2.31. The van der Waals surface area contributed by atoms with Crippen LogP contribution in [0.4, 0.5) is 23.4 Å². The third-order valence-electron chi connectivity index (χ3n) is 1.91. The van der Waals surface area contributed by atoms with Crippen molar-refractivity contribution in [3.63, 3.8) is 0 Å². The Morgan fingerprint density at radius 3 is 2.68 bits per heavy atom. The molecule has 0 amide bonds. The second-order valence-corrected chi connectivity index (χ2v) is 3.25. The first kappa shape index (κ1) is 12.9. The lowest BCUT2D eigenvalue weighted by atomic mass is 10.2. The van der Waals surface area contributed by atoms with Crippen LogP contribution in [0.3, 0.4) is 0 Å². The Morgan fingerprint density at radius 1 is 1.32 bits per heavy atom. The average molecular weight is 275 g/mol. The summed E-state index contributed by atoms with van der Waals surface area (Å²) >= 11 is 0. The Kier molecular flexibility index (Phi) is 3.40. The molecular formula is C9H5F4N5O. The van der Waals surface area contributed by atoms with Gasteiger partial charge >= 0.3 is 6.18 Å². The Hall–Kier alpha value is -2.52. The van der Waals surface area contributed by atoms with Crippen LogP contribution in [0.1, 0.15) is 11.3 Å². The van der Waals surface area contributed by atoms with Crippen LogP contribution in [0.25, 0.3) is 0 Å². The van der Waals surface area contributed by atoms with E-state index >= 15 is 0 Å². The molecule has 0 aliphatic carbocycles. The molecule has 2 aromatic heterocycles. The molecule has 2 rings (SSSR count). The number of hydrogen-bond donors (Lipinski definition) is 1. The third kappa shape index (κ3) is 3.24. The van der Waals surface area contributed by atoms with Crippen molar-refractivity contribution in [3.8, 4) is 0 Å². The minimum Gasteiger partial charge on any atom is -0.259 e. The van der Waals surface area contributed by atoms with Crippen LogP contribution in [0.2, 0.25) is 0 Å². The number of hydrogen-bond acceptors (Lipinski definition) is 6. The number of nitrogens with one attached hydrogen (secondary N) is 1. The summed E-state index contributed by atoms with van der Waals surface area (Å²) in [6, 6.07) is 0.322. The van der Waals surface area contributed by atoms with Crippen molar-refractivity contribution in [1.29, 1.82) is 0 Å². The summed E-state index contributed by atoms with van der Waals surface area (Å²) in [6.07, 6.45) is -1.78. The van der Waals surface area contributed by atoms with E-state index < -0.39 is 23.4 Å². The lowest BCUT2D eigenvalue weighted by molar-refractivity contribution is -0.138. The van der Waals surface area contributed by atoms with E-state index in [0.717, 1.165) is 6.21 Å². The molecule has 0 aliphatic heterocycles. The van der Waals surface area contributed by atoms with Crippen molar-refractivity contribution < 1.29 is 22.2 Å². The SMILES string of the molecule is Fc1cc(C(F)(F)F)cnc1N/N=C/c1cnon1. The highest BCUT2D eigenvalue weighted by molar-refractivity contribution is 5.76. The van der Waals surface area contributed by atoms with E-state index in [2.05, 4.69) is 30.5 Å². The van der Waals surface area contributed by atoms with Crippen LogP contribution in [-0.2, 0) is 6.18 Å². The summed E-state index contributed by atoms with van der Waals surface area (Å²) in [6.45, 7) is 0. The first-order chi connectivity index (χ1) is 8.97. The largest absolute Gasteiger partial charge is 0.417 e. The van der Waals surface area contributed by atoms with Crippen molar-refractivity contribution >= 4 is 12.0 Å². The highest BCUT2D eigenvalue weighted by Crippen LogP contribution is 2.30. The predicted molar refractivity (Wildman–Crippen MR) is 54.7 cm³/mol. The summed E-state index contributed by atoms with van der Waals surface area (Å²) in [5, 5.41) is 10.2. The standard InChI is InChI=1S/C9H5F4N5O/c10-7-1-5(9(11,12)13)2-14-8(7)17-15-3-6-4-16-19-18-6/h1-4H,(H,14,17)/b15-3+. The van der Waals surface area contributed by atoms with Gasteiger partial charge in [0.15, 0.2) is 11.6 Å². The Labute approximate surface area is 103 Å². The molecule has 0 saturated carbocycles. The van der Waals surface area contributed by atoms with Crippen LogP contribution in [0.5, 0.6) is 0 Å². The molecule has 0 bridgehead atoms. The van der Waals surface area contributed by atoms with E-state index in [4.69, 9.17) is 0 Å². The molecule has 0 aromatic carbocycles. The van der Waals surface area contributed by atoms with Gasteiger partial charge in [-0.25, -0.2) is 14.0 Å². The second-order valence-electron chi connectivity index (χ2n) is 3.25. The lowest BCUT2D eigenvalue weighted by Crippen LogP contribution is -2.07. The van der Waals surface area contributed by atoms with Gasteiger partial charge < -0.3 is 0 Å². The molecule has 0 radical (unpaired) electrons. The quantitative estimate of drug-likeness (QED) is 0.527. The molecule has 19 heavy (non-hydrogen) atoms. The molecule has 6 nitrogen and oxygen atoms in total. The van der Waals surface area contributed by atoms with E-state index in [-0.39, 0.29) is 5.69 Å². The first-order valence-corrected chi connectivity index (χ1v) is 4.76. The van der Waals surface area contributed by atoms with Crippen molar-refractivity contribution in [2.45, 2.75) is 6.18 Å². The molecule has 2 aromatic rings. The van der Waals surface area contributed by atoms with Gasteiger partial charge in [-0.2, -0.15) is 18.3 Å². The number of pyridine rings is 1. The van der Waals surface area contributed by atoms with Gasteiger partial charge in [0.1, 0.15) is 11.9 Å². The van der Waals surface area contributed by atoms with E-state index in [0.29, 0.717) is 12.3 Å². The zero-order chi connectivity index (χ0) is 13.9. The molecule has 1 N–H and O–H groups in total. The maximum absolute atomic E-state index is 13.3. The topological polar surface area (TPSA) is 76.2 Å². The van der Waals surface area contributed by atoms with Gasteiger partial charge in [0, 0.05) is 6.20 Å². The van der Waals surface area contributed by atoms with E-state index in [1.165, 1.54) is 6.20 Å². The maximum Gasteiger partial charge on any atom is 0.417 e. The molecule has 0 spiro atoms. The molecule has 2 heterocycles. The zero-order valence-corrected chi connectivity index (χ0v) is 9.02. The number of halogens is 4. The third-order valence-corrected chi connectivity index (χ3v) is 1.91. The summed E-state index contributed by atoms with van der Waals surface area (Å²) in [4.78, 5) is 3.28. The van der Waals surface area contributed by atoms with Crippen LogP contribution < -0.4 is 5.43 Å². The van der Waals surface area contributed by atoms with Gasteiger partial charge in [-0.15, -0.1) is 0 Å². The van der Waals surface area contributed by atoms with Gasteiger partial charge in [0.05, 0.1) is 11.8 Å². The Balaban J connectivity index is 2.10. The molecule has 0 aliphatic rings. The van der Waals surface area contributed by atoms with Crippen LogP contribution in [0, 0.1) is 5.82 Å². The Bertz CT molecular complexity index is 581. The molecule has 10 heteroatoms. The number of hydrazone groups is 1. The van der Waals surface area contributed by atoms with Crippen molar-refractivity contribution in [3.05, 3.63) is 35.5 Å². The number of anilines is 1. The summed E-state index contributed by atoms with van der Waals surface area (Å²) in [7, 11) is 0. The number of rotatable bonds is 3. The molecule has 0 unspecified atom stereocenters. The molecule has 0 saturated heterocycles. The van der Waals surface area contributed by atoms with Crippen LogP contribution in [0.15, 0.2) is 28.2 Å². The number of alkyl halides is 3. The van der Waals surface area contributed by atoms with Crippen LogP contribution >= 0.6 is 0 Å². The van der Waals surface area contributed by atoms with Gasteiger partial charge in [0.2, 0.25) is 0 Å². The van der Waals surface area contributed by atoms with Gasteiger partial charge in [-0.1, -0.05) is 5.16 Å². The summed E-state index contributed by atoms with van der Waals surface area (Å²) in [5.41, 5.74) is 1.21. The van der Waals surface area contributed by atoms with Gasteiger partial charge in [-0.05, 0) is 11.2 Å². The zero-order valence-electron chi connectivity index (χ0n) is 9.02. The second kappa shape index (κ2) is 5.00. The van der Waals surface area contributed by atoms with Crippen molar-refractivity contribution in [2.24, 2.45) is 5.10 Å². The first-order valence-electron chi connectivity index (χ1n) is 4.76. The van der Waals surface area contributed by atoms with E-state index in [1.54, 1.807) is 0 Å². The summed E-state index contributed by atoms with van der Waals surface area (Å²) < 4.78 is 54.3. The van der Waals surface area contributed by atoms with E-state index in [9.17, 15) is 17.6 Å². The molecule has 100 valence electrons. The minimum absolute atomic E-state index is 0.250. The fourth-order valence-electron chi connectivity index (χ4n) is 1.06. The van der Waals surface area contributed by atoms with Gasteiger partial charge in [0.25, 0.3) is 0 Å². The normalized spacial score (nSPS) is 12.0. The number of aromatic nitrogens is 3. The van der Waals surface area contributed by atoms with Crippen LogP contribution in [-0.4, -0.2) is 21.5 Å². The minimum atomic E-state index is -4.65. The number of nitrogens with zero attached hydrogens (tertiary/aromatic N) is 4. The predicted octanol–water partition coefficient (Wildman–Crippen LogP) is 2.07. The summed E-state index contributed by atoms with van der Waals surface area (Å²) in [5.74, 6) is -1.62. The average Bonchev–Trinajstić information content (AvgIpc) is 2.83. The molecule has 0 fully saturated rings.